The van der Waals surface area contributed by atoms with Crippen LogP contribution >= 0.6 is 11.8 Å². The van der Waals surface area contributed by atoms with Gasteiger partial charge in [0.1, 0.15) is 0 Å². The molecule has 0 unspecified atom stereocenters. The maximum absolute atomic E-state index is 12.1. The van der Waals surface area contributed by atoms with E-state index in [4.69, 9.17) is 0 Å². The summed E-state index contributed by atoms with van der Waals surface area (Å²) in [7, 11) is 0. The number of nitrogens with zero attached hydrogens (tertiary/aromatic N) is 1. The molecule has 114 valence electrons. The first-order valence-electron chi connectivity index (χ1n) is 7.30. The van der Waals surface area contributed by atoms with Crippen molar-refractivity contribution in [3.8, 4) is 0 Å². The lowest BCUT2D eigenvalue weighted by atomic mass is 10.1. The molecule has 1 aliphatic heterocycles. The molecule has 1 aromatic carbocycles. The number of amides is 2. The highest BCUT2D eigenvalue weighted by atomic mass is 32.2. The predicted octanol–water partition coefficient (Wildman–Crippen LogP) is 2.68. The van der Waals surface area contributed by atoms with Crippen LogP contribution in [-0.4, -0.2) is 30.2 Å². The van der Waals surface area contributed by atoms with Crippen molar-refractivity contribution >= 4 is 29.3 Å². The number of carbonyl (C=O) groups excluding carboxylic acids is 2. The molecule has 0 aromatic heterocycles. The Kier molecular flexibility index (Phi) is 5.28. The quantitative estimate of drug-likeness (QED) is 0.910. The maximum atomic E-state index is 12.1. The van der Waals surface area contributed by atoms with Crippen LogP contribution in [0.3, 0.4) is 0 Å². The maximum Gasteiger partial charge on any atom is 0.237 e. The Hall–Kier alpha value is -1.49. The first kappa shape index (κ1) is 15.9. The molecule has 2 amide bonds. The Morgan fingerprint density at radius 1 is 1.33 bits per heavy atom. The molecule has 4 nitrogen and oxygen atoms in total. The van der Waals surface area contributed by atoms with Crippen LogP contribution in [0.4, 0.5) is 5.69 Å². The summed E-state index contributed by atoms with van der Waals surface area (Å²) >= 11 is 1.56. The SMILES string of the molecule is CC(C)[C@@H](C)NC(=O)CCN1C(=O)CSc2ccccc21. The first-order valence-corrected chi connectivity index (χ1v) is 8.29. The number of anilines is 1. The Labute approximate surface area is 130 Å². The van der Waals surface area contributed by atoms with Crippen molar-refractivity contribution in [1.29, 1.82) is 0 Å². The molecule has 21 heavy (non-hydrogen) atoms. The Bertz CT molecular complexity index is 531. The molecular formula is C16H22N2O2S. The third-order valence-corrected chi connectivity index (χ3v) is 4.81. The number of hydrogen-bond acceptors (Lipinski definition) is 3. The lowest BCUT2D eigenvalue weighted by Gasteiger charge is -2.29. The number of para-hydroxylation sites is 1. The van der Waals surface area contributed by atoms with Gasteiger partial charge in [-0.2, -0.15) is 0 Å². The van der Waals surface area contributed by atoms with Crippen molar-refractivity contribution in [3.63, 3.8) is 0 Å². The van der Waals surface area contributed by atoms with Gasteiger partial charge in [0, 0.05) is 23.9 Å². The van der Waals surface area contributed by atoms with E-state index >= 15 is 0 Å². The zero-order chi connectivity index (χ0) is 15.4. The molecule has 1 atom stereocenters. The summed E-state index contributed by atoms with van der Waals surface area (Å²) < 4.78 is 0. The van der Waals surface area contributed by atoms with Crippen molar-refractivity contribution in [2.75, 3.05) is 17.2 Å². The molecular weight excluding hydrogens is 284 g/mol. The highest BCUT2D eigenvalue weighted by Crippen LogP contribution is 2.34. The van der Waals surface area contributed by atoms with Gasteiger partial charge in [-0.05, 0) is 25.0 Å². The zero-order valence-electron chi connectivity index (χ0n) is 12.8. The van der Waals surface area contributed by atoms with Crippen molar-refractivity contribution in [2.24, 2.45) is 5.92 Å². The smallest absolute Gasteiger partial charge is 0.237 e. The number of thioether (sulfide) groups is 1. The molecule has 0 radical (unpaired) electrons. The minimum absolute atomic E-state index is 0.000271. The molecule has 1 aliphatic rings. The summed E-state index contributed by atoms with van der Waals surface area (Å²) in [4.78, 5) is 26.9. The largest absolute Gasteiger partial charge is 0.353 e. The van der Waals surface area contributed by atoms with E-state index in [9.17, 15) is 9.59 Å². The Morgan fingerprint density at radius 2 is 2.05 bits per heavy atom. The molecule has 5 heteroatoms. The minimum atomic E-state index is -0.000271. The molecule has 0 aliphatic carbocycles. The van der Waals surface area contributed by atoms with Gasteiger partial charge in [0.05, 0.1) is 11.4 Å². The monoisotopic (exact) mass is 306 g/mol. The fourth-order valence-corrected chi connectivity index (χ4v) is 3.04. The van der Waals surface area contributed by atoms with Crippen LogP contribution in [-0.2, 0) is 9.59 Å². The van der Waals surface area contributed by atoms with E-state index < -0.39 is 0 Å². The summed E-state index contributed by atoms with van der Waals surface area (Å²) in [5, 5.41) is 2.98. The number of fused-ring (bicyclic) bond motifs is 1. The second kappa shape index (κ2) is 6.98. The highest BCUT2D eigenvalue weighted by molar-refractivity contribution is 8.00. The molecule has 0 spiro atoms. The number of rotatable bonds is 5. The van der Waals surface area contributed by atoms with E-state index in [1.165, 1.54) is 0 Å². The van der Waals surface area contributed by atoms with E-state index in [1.807, 2.05) is 31.2 Å². The van der Waals surface area contributed by atoms with E-state index in [0.717, 1.165) is 10.6 Å². The van der Waals surface area contributed by atoms with E-state index in [2.05, 4.69) is 19.2 Å². The first-order chi connectivity index (χ1) is 9.99. The molecule has 2 rings (SSSR count). The second-order valence-corrected chi connectivity index (χ2v) is 6.67. The van der Waals surface area contributed by atoms with Crippen LogP contribution < -0.4 is 10.2 Å². The summed E-state index contributed by atoms with van der Waals surface area (Å²) in [5.74, 6) is 0.923. The van der Waals surface area contributed by atoms with Crippen LogP contribution in [0.15, 0.2) is 29.2 Å². The molecule has 0 fully saturated rings. The van der Waals surface area contributed by atoms with Crippen LogP contribution in [0, 0.1) is 5.92 Å². The van der Waals surface area contributed by atoms with Gasteiger partial charge in [0.2, 0.25) is 11.8 Å². The fraction of sp³-hybridized carbons (Fsp3) is 0.500. The number of carbonyl (C=O) groups is 2. The predicted molar refractivity (Wildman–Crippen MR) is 86.6 cm³/mol. The minimum Gasteiger partial charge on any atom is -0.353 e. The summed E-state index contributed by atoms with van der Waals surface area (Å²) in [6.45, 7) is 6.59. The zero-order valence-corrected chi connectivity index (χ0v) is 13.6. The molecule has 0 bridgehead atoms. The average Bonchev–Trinajstić information content (AvgIpc) is 2.46. The third-order valence-electron chi connectivity index (χ3n) is 3.76. The van der Waals surface area contributed by atoms with Crippen LogP contribution in [0.2, 0.25) is 0 Å². The van der Waals surface area contributed by atoms with E-state index in [1.54, 1.807) is 16.7 Å². The normalized spacial score (nSPS) is 15.8. The van der Waals surface area contributed by atoms with Crippen LogP contribution in [0.5, 0.6) is 0 Å². The van der Waals surface area contributed by atoms with Crippen molar-refractivity contribution in [2.45, 2.75) is 38.1 Å². The van der Waals surface area contributed by atoms with Gasteiger partial charge >= 0.3 is 0 Å². The van der Waals surface area contributed by atoms with Gasteiger partial charge in [0.15, 0.2) is 0 Å². The van der Waals surface area contributed by atoms with Gasteiger partial charge in [0.25, 0.3) is 0 Å². The van der Waals surface area contributed by atoms with Gasteiger partial charge in [-0.15, -0.1) is 11.8 Å². The van der Waals surface area contributed by atoms with Crippen molar-refractivity contribution in [3.05, 3.63) is 24.3 Å². The van der Waals surface area contributed by atoms with E-state index in [0.29, 0.717) is 24.6 Å². The van der Waals surface area contributed by atoms with E-state index in [-0.39, 0.29) is 17.9 Å². The standard InChI is InChI=1S/C16H22N2O2S/c1-11(2)12(3)17-15(19)8-9-18-13-6-4-5-7-14(13)21-10-16(18)20/h4-7,11-12H,8-10H2,1-3H3,(H,17,19)/t12-/m1/s1. The van der Waals surface area contributed by atoms with Gasteiger partial charge in [-0.3, -0.25) is 9.59 Å². The van der Waals surface area contributed by atoms with Crippen molar-refractivity contribution in [1.82, 2.24) is 5.32 Å². The molecule has 1 heterocycles. The van der Waals surface area contributed by atoms with Gasteiger partial charge in [-0.1, -0.05) is 26.0 Å². The highest BCUT2D eigenvalue weighted by Gasteiger charge is 2.24. The molecule has 1 aromatic rings. The Morgan fingerprint density at radius 3 is 2.76 bits per heavy atom. The number of hydrogen-bond donors (Lipinski definition) is 1. The van der Waals surface area contributed by atoms with Gasteiger partial charge < -0.3 is 10.2 Å². The third kappa shape index (κ3) is 4.00. The number of benzene rings is 1. The average molecular weight is 306 g/mol. The summed E-state index contributed by atoms with van der Waals surface area (Å²) in [5.41, 5.74) is 0.920. The summed E-state index contributed by atoms with van der Waals surface area (Å²) in [6, 6.07) is 7.99. The molecule has 0 saturated carbocycles. The molecule has 0 saturated heterocycles. The lowest BCUT2D eigenvalue weighted by Crippen LogP contribution is -2.41. The Balaban J connectivity index is 1.97. The van der Waals surface area contributed by atoms with Crippen LogP contribution in [0.1, 0.15) is 27.2 Å². The second-order valence-electron chi connectivity index (χ2n) is 5.65. The van der Waals surface area contributed by atoms with Crippen LogP contribution in [0.25, 0.3) is 0 Å². The lowest BCUT2D eigenvalue weighted by molar-refractivity contribution is -0.121. The van der Waals surface area contributed by atoms with Crippen molar-refractivity contribution < 1.29 is 9.59 Å². The fourth-order valence-electron chi connectivity index (χ4n) is 2.11. The number of nitrogens with one attached hydrogen (secondary N) is 1. The molecule has 1 N–H and O–H groups in total. The topological polar surface area (TPSA) is 49.4 Å². The van der Waals surface area contributed by atoms with Gasteiger partial charge in [-0.25, -0.2) is 0 Å². The summed E-state index contributed by atoms with van der Waals surface area (Å²) in [6.07, 6.45) is 0.335.